The summed E-state index contributed by atoms with van der Waals surface area (Å²) in [7, 11) is 0. The molecular formula is C22H20FN5O2. The van der Waals surface area contributed by atoms with Crippen LogP contribution in [-0.4, -0.2) is 44.6 Å². The van der Waals surface area contributed by atoms with Crippen molar-refractivity contribution in [2.75, 3.05) is 18.5 Å². The highest BCUT2D eigenvalue weighted by molar-refractivity contribution is 5.95. The Kier molecular flexibility index (Phi) is 4.55. The van der Waals surface area contributed by atoms with Crippen LogP contribution in [-0.2, 0) is 0 Å². The molecule has 0 radical (unpaired) electrons. The Bertz CT molecular complexity index is 1250. The fourth-order valence-electron chi connectivity index (χ4n) is 3.49. The number of rotatable bonds is 6. The summed E-state index contributed by atoms with van der Waals surface area (Å²) < 4.78 is 15.8. The molecule has 152 valence electrons. The third kappa shape index (κ3) is 3.35. The van der Waals surface area contributed by atoms with Crippen molar-refractivity contribution in [3.05, 3.63) is 60.0 Å². The number of nitrogens with one attached hydrogen (secondary N) is 2. The molecule has 1 amide bonds. The van der Waals surface area contributed by atoms with Gasteiger partial charge in [0.05, 0.1) is 29.5 Å². The Morgan fingerprint density at radius 3 is 2.73 bits per heavy atom. The monoisotopic (exact) mass is 405 g/mol. The first-order valence-electron chi connectivity index (χ1n) is 9.87. The van der Waals surface area contributed by atoms with E-state index in [4.69, 9.17) is 5.11 Å². The van der Waals surface area contributed by atoms with Gasteiger partial charge >= 0.3 is 0 Å². The van der Waals surface area contributed by atoms with Crippen LogP contribution in [0.25, 0.3) is 27.9 Å². The third-order valence-corrected chi connectivity index (χ3v) is 5.14. The molecule has 0 atom stereocenters. The van der Waals surface area contributed by atoms with Gasteiger partial charge in [0.15, 0.2) is 11.5 Å². The number of amides is 1. The zero-order valence-corrected chi connectivity index (χ0v) is 16.1. The van der Waals surface area contributed by atoms with Crippen LogP contribution in [0, 0.1) is 5.82 Å². The molecule has 30 heavy (non-hydrogen) atoms. The molecule has 0 saturated heterocycles. The number of aromatic nitrogens is 3. The first-order chi connectivity index (χ1) is 14.6. The van der Waals surface area contributed by atoms with Crippen LogP contribution in [0.1, 0.15) is 23.2 Å². The Morgan fingerprint density at radius 1 is 1.20 bits per heavy atom. The lowest BCUT2D eigenvalue weighted by Crippen LogP contribution is -2.25. The van der Waals surface area contributed by atoms with E-state index in [1.54, 1.807) is 24.4 Å². The lowest BCUT2D eigenvalue weighted by Gasteiger charge is -2.11. The summed E-state index contributed by atoms with van der Waals surface area (Å²) in [5.41, 5.74) is 3.92. The van der Waals surface area contributed by atoms with E-state index in [9.17, 15) is 9.18 Å². The van der Waals surface area contributed by atoms with Crippen LogP contribution in [0.4, 0.5) is 10.2 Å². The average molecular weight is 405 g/mol. The summed E-state index contributed by atoms with van der Waals surface area (Å²) in [5.74, 6) is 0.0673. The molecule has 4 aromatic rings. The molecule has 0 spiro atoms. The summed E-state index contributed by atoms with van der Waals surface area (Å²) >= 11 is 0. The molecule has 8 heteroatoms. The minimum Gasteiger partial charge on any atom is -0.395 e. The molecule has 0 unspecified atom stereocenters. The lowest BCUT2D eigenvalue weighted by molar-refractivity contribution is 0.0951. The predicted octanol–water partition coefficient (Wildman–Crippen LogP) is 2.99. The number of nitrogens with zero attached hydrogens (tertiary/aromatic N) is 3. The van der Waals surface area contributed by atoms with Gasteiger partial charge in [0, 0.05) is 29.8 Å². The van der Waals surface area contributed by atoms with E-state index < -0.39 is 0 Å². The highest BCUT2D eigenvalue weighted by Gasteiger charge is 2.24. The second kappa shape index (κ2) is 7.38. The van der Waals surface area contributed by atoms with Gasteiger partial charge < -0.3 is 15.7 Å². The highest BCUT2D eigenvalue weighted by Crippen LogP contribution is 2.29. The van der Waals surface area contributed by atoms with Crippen LogP contribution in [0.2, 0.25) is 0 Å². The van der Waals surface area contributed by atoms with Gasteiger partial charge in [-0.05, 0) is 37.1 Å². The van der Waals surface area contributed by atoms with Crippen LogP contribution in [0.5, 0.6) is 0 Å². The molecule has 2 aromatic carbocycles. The summed E-state index contributed by atoms with van der Waals surface area (Å²) in [6, 6.07) is 12.0. The topological polar surface area (TPSA) is 91.5 Å². The zero-order chi connectivity index (χ0) is 20.7. The molecule has 1 fully saturated rings. The minimum absolute atomic E-state index is 0.0484. The number of hydrogen-bond acceptors (Lipinski definition) is 5. The first kappa shape index (κ1) is 18.5. The van der Waals surface area contributed by atoms with Crippen molar-refractivity contribution in [2.24, 2.45) is 0 Å². The summed E-state index contributed by atoms with van der Waals surface area (Å²) in [6.07, 6.45) is 3.77. The van der Waals surface area contributed by atoms with E-state index in [0.717, 1.165) is 24.1 Å². The van der Waals surface area contributed by atoms with E-state index in [1.165, 1.54) is 12.1 Å². The van der Waals surface area contributed by atoms with E-state index in [2.05, 4.69) is 20.6 Å². The number of benzene rings is 2. The smallest absolute Gasteiger partial charge is 0.251 e. The number of imidazole rings is 1. The number of hydrogen-bond donors (Lipinski definition) is 3. The molecule has 7 nitrogen and oxygen atoms in total. The Morgan fingerprint density at radius 2 is 2.00 bits per heavy atom. The van der Waals surface area contributed by atoms with Gasteiger partial charge in [-0.3, -0.25) is 9.20 Å². The first-order valence-corrected chi connectivity index (χ1v) is 9.87. The fraction of sp³-hybridized carbons (Fsp3) is 0.227. The van der Waals surface area contributed by atoms with Gasteiger partial charge in [-0.15, -0.1) is 0 Å². The molecule has 0 aliphatic heterocycles. The van der Waals surface area contributed by atoms with Gasteiger partial charge in [-0.1, -0.05) is 12.1 Å². The van der Waals surface area contributed by atoms with Crippen LogP contribution in [0.3, 0.4) is 0 Å². The number of halogens is 1. The van der Waals surface area contributed by atoms with Gasteiger partial charge in [-0.25, -0.2) is 14.4 Å². The Balaban J connectivity index is 1.61. The number of anilines is 1. The minimum atomic E-state index is -0.367. The maximum Gasteiger partial charge on any atom is 0.251 e. The van der Waals surface area contributed by atoms with Crippen molar-refractivity contribution in [3.63, 3.8) is 0 Å². The Hall–Kier alpha value is -3.52. The highest BCUT2D eigenvalue weighted by atomic mass is 19.1. The zero-order valence-electron chi connectivity index (χ0n) is 16.1. The van der Waals surface area contributed by atoms with Gasteiger partial charge in [0.25, 0.3) is 5.91 Å². The van der Waals surface area contributed by atoms with Crippen molar-refractivity contribution in [3.8, 4) is 11.3 Å². The fourth-order valence-corrected chi connectivity index (χ4v) is 3.49. The van der Waals surface area contributed by atoms with Crippen molar-refractivity contribution in [1.82, 2.24) is 19.7 Å². The van der Waals surface area contributed by atoms with Crippen molar-refractivity contribution < 1.29 is 14.3 Å². The Labute approximate surface area is 171 Å². The maximum atomic E-state index is 14.0. The standard InChI is InChI=1S/C22H20FN5O2/c23-15-5-8-17-18(11-15)28-19(12-25-21(28)20(27-17)24-9-10-29)13-1-3-14(4-2-13)22(30)26-16-6-7-16/h1-5,8,11-12,16,29H,6-7,9-10H2,(H,24,27)(H,26,30). The summed E-state index contributed by atoms with van der Waals surface area (Å²) in [4.78, 5) is 21.3. The number of carbonyl (C=O) groups is 1. The van der Waals surface area contributed by atoms with Crippen LogP contribution >= 0.6 is 0 Å². The van der Waals surface area contributed by atoms with Crippen LogP contribution in [0.15, 0.2) is 48.7 Å². The molecule has 5 rings (SSSR count). The normalized spacial score (nSPS) is 13.7. The van der Waals surface area contributed by atoms with Crippen molar-refractivity contribution >= 4 is 28.4 Å². The predicted molar refractivity (Wildman–Crippen MR) is 112 cm³/mol. The van der Waals surface area contributed by atoms with Gasteiger partial charge in [0.2, 0.25) is 0 Å². The number of carbonyl (C=O) groups excluding carboxylic acids is 1. The maximum absolute atomic E-state index is 14.0. The molecule has 0 bridgehead atoms. The van der Waals surface area contributed by atoms with E-state index >= 15 is 0 Å². The van der Waals surface area contributed by atoms with Crippen LogP contribution < -0.4 is 10.6 Å². The largest absolute Gasteiger partial charge is 0.395 e. The molecule has 1 aliphatic rings. The van der Waals surface area contributed by atoms with E-state index in [0.29, 0.717) is 40.6 Å². The molecule has 1 aliphatic carbocycles. The third-order valence-electron chi connectivity index (χ3n) is 5.14. The van der Waals surface area contributed by atoms with Gasteiger partial charge in [0.1, 0.15) is 5.82 Å². The molecular weight excluding hydrogens is 385 g/mol. The lowest BCUT2D eigenvalue weighted by atomic mass is 10.1. The second-order valence-corrected chi connectivity index (χ2v) is 7.37. The molecule has 3 N–H and O–H groups in total. The number of aliphatic hydroxyl groups excluding tert-OH is 1. The second-order valence-electron chi connectivity index (χ2n) is 7.37. The number of fused-ring (bicyclic) bond motifs is 3. The van der Waals surface area contributed by atoms with E-state index in [-0.39, 0.29) is 18.3 Å². The van der Waals surface area contributed by atoms with Crippen molar-refractivity contribution in [1.29, 1.82) is 0 Å². The van der Waals surface area contributed by atoms with Crippen molar-refractivity contribution in [2.45, 2.75) is 18.9 Å². The summed E-state index contributed by atoms with van der Waals surface area (Å²) in [6.45, 7) is 0.273. The molecule has 2 aromatic heterocycles. The summed E-state index contributed by atoms with van der Waals surface area (Å²) in [5, 5.41) is 15.2. The van der Waals surface area contributed by atoms with E-state index in [1.807, 2.05) is 16.5 Å². The SMILES string of the molecule is O=C(NC1CC1)c1ccc(-c2cnc3c(NCCO)nc4ccc(F)cc4n23)cc1. The molecule has 1 saturated carbocycles. The number of aliphatic hydroxyl groups is 1. The quantitative estimate of drug-likeness (QED) is 0.459. The average Bonchev–Trinajstić information content (AvgIpc) is 3.46. The van der Waals surface area contributed by atoms with Gasteiger partial charge in [-0.2, -0.15) is 0 Å². The molecule has 2 heterocycles.